The Labute approximate surface area is 123 Å². The normalized spacial score (nSPS) is 10.9. The van der Waals surface area contributed by atoms with Crippen LogP contribution >= 0.6 is 23.2 Å². The molecule has 19 heavy (non-hydrogen) atoms. The van der Waals surface area contributed by atoms with E-state index in [-0.39, 0.29) is 10.2 Å². The molecule has 100 valence electrons. The van der Waals surface area contributed by atoms with Crippen molar-refractivity contribution < 1.29 is 0 Å². The number of hydrogen-bond acceptors (Lipinski definition) is 3. The van der Waals surface area contributed by atoms with Crippen molar-refractivity contribution in [1.29, 1.82) is 5.41 Å². The van der Waals surface area contributed by atoms with Crippen LogP contribution in [0.15, 0.2) is 41.2 Å². The Morgan fingerprint density at radius 2 is 1.95 bits per heavy atom. The van der Waals surface area contributed by atoms with Gasteiger partial charge in [-0.1, -0.05) is 53.2 Å². The summed E-state index contributed by atoms with van der Waals surface area (Å²) in [5.41, 5.74) is 0.993. The maximum atomic E-state index is 7.23. The molecule has 5 heteroatoms. The third-order valence-corrected chi connectivity index (χ3v) is 2.88. The van der Waals surface area contributed by atoms with Gasteiger partial charge >= 0.3 is 0 Å². The molecule has 0 fully saturated rings. The van der Waals surface area contributed by atoms with Gasteiger partial charge in [0.1, 0.15) is 16.0 Å². The number of benzene rings is 1. The lowest BCUT2D eigenvalue weighted by molar-refractivity contribution is 0.741. The number of allylic oxidation sites excluding steroid dienone is 1. The van der Waals surface area contributed by atoms with Crippen molar-refractivity contribution in [1.82, 2.24) is 10.6 Å². The molecule has 1 aromatic carbocycles. The Morgan fingerprint density at radius 1 is 1.26 bits per heavy atom. The minimum absolute atomic E-state index is 0.167. The van der Waals surface area contributed by atoms with E-state index in [2.05, 4.69) is 22.5 Å². The molecule has 0 aliphatic carbocycles. The topological polar surface area (TPSA) is 47.9 Å². The zero-order valence-electron chi connectivity index (χ0n) is 10.6. The fraction of sp³-hybridized carbons (Fsp3) is 0.214. The van der Waals surface area contributed by atoms with E-state index < -0.39 is 0 Å². The highest BCUT2D eigenvalue weighted by Crippen LogP contribution is 2.09. The highest BCUT2D eigenvalue weighted by atomic mass is 35.5. The summed E-state index contributed by atoms with van der Waals surface area (Å²) in [6.45, 7) is 0.621. The fourth-order valence-corrected chi connectivity index (χ4v) is 1.58. The molecule has 3 N–H and O–H groups in total. The highest BCUT2D eigenvalue weighted by molar-refractivity contribution is 6.75. The van der Waals surface area contributed by atoms with Crippen LogP contribution in [-0.2, 0) is 0 Å². The molecule has 0 radical (unpaired) electrons. The molecule has 0 saturated heterocycles. The summed E-state index contributed by atoms with van der Waals surface area (Å²) < 4.78 is 0. The Morgan fingerprint density at radius 3 is 2.53 bits per heavy atom. The highest BCUT2D eigenvalue weighted by Gasteiger charge is 2.05. The van der Waals surface area contributed by atoms with Gasteiger partial charge < -0.3 is 10.6 Å². The molecule has 0 aromatic heterocycles. The van der Waals surface area contributed by atoms with E-state index in [1.54, 1.807) is 7.05 Å². The minimum atomic E-state index is -0.200. The van der Waals surface area contributed by atoms with Gasteiger partial charge in [0.2, 0.25) is 0 Å². The number of nitrogens with one attached hydrogen (secondary N) is 3. The van der Waals surface area contributed by atoms with Crippen molar-refractivity contribution in [2.24, 2.45) is 0 Å². The van der Waals surface area contributed by atoms with Gasteiger partial charge in [-0.05, 0) is 12.1 Å². The lowest BCUT2D eigenvalue weighted by Gasteiger charge is -2.10. The molecule has 0 bridgehead atoms. The van der Waals surface area contributed by atoms with Gasteiger partial charge in [-0.3, -0.25) is 5.41 Å². The summed E-state index contributed by atoms with van der Waals surface area (Å²) in [4.78, 5) is 0. The summed E-state index contributed by atoms with van der Waals surface area (Å²) in [6, 6.07) is 9.79. The largest absolute Gasteiger partial charge is 0.374 e. The van der Waals surface area contributed by atoms with Crippen LogP contribution in [-0.4, -0.2) is 18.8 Å². The van der Waals surface area contributed by atoms with E-state index in [1.165, 1.54) is 0 Å². The summed E-state index contributed by atoms with van der Waals surface area (Å²) >= 11 is 11.4. The first-order valence-electron chi connectivity index (χ1n) is 5.75. The minimum Gasteiger partial charge on any atom is -0.374 e. The van der Waals surface area contributed by atoms with E-state index in [4.69, 9.17) is 28.6 Å². The third kappa shape index (κ3) is 5.69. The van der Waals surface area contributed by atoms with Crippen LogP contribution in [0.3, 0.4) is 0 Å². The van der Waals surface area contributed by atoms with E-state index in [9.17, 15) is 0 Å². The molecule has 0 atom stereocenters. The number of halogens is 2. The Hall–Kier alpha value is -1.63. The van der Waals surface area contributed by atoms with Crippen LogP contribution in [0, 0.1) is 17.3 Å². The Bertz CT molecular complexity index is 512. The maximum Gasteiger partial charge on any atom is 0.143 e. The average molecular weight is 296 g/mol. The average Bonchev–Trinajstić information content (AvgIpc) is 2.43. The number of hydrogen-bond donors (Lipinski definition) is 3. The molecule has 1 aromatic rings. The second kappa shape index (κ2) is 8.47. The zero-order chi connectivity index (χ0) is 14.1. The molecule has 0 heterocycles. The quantitative estimate of drug-likeness (QED) is 0.444. The van der Waals surface area contributed by atoms with Gasteiger partial charge in [0.25, 0.3) is 0 Å². The lowest BCUT2D eigenvalue weighted by atomic mass is 10.2. The standard InChI is InChI=1S/C14H15Cl2N3/c1-18-14(12(15)13(16)17)19-10-6-5-9-11-7-3-2-4-8-11/h2-4,7-8,17-19H,6,10H2,1H3/b14-12-,17-13?. The van der Waals surface area contributed by atoms with Gasteiger partial charge in [0.15, 0.2) is 0 Å². The predicted molar refractivity (Wildman–Crippen MR) is 81.5 cm³/mol. The van der Waals surface area contributed by atoms with E-state index in [0.29, 0.717) is 18.8 Å². The van der Waals surface area contributed by atoms with Crippen molar-refractivity contribution in [2.75, 3.05) is 13.6 Å². The van der Waals surface area contributed by atoms with Gasteiger partial charge in [0, 0.05) is 25.6 Å². The van der Waals surface area contributed by atoms with Crippen LogP contribution in [0.5, 0.6) is 0 Å². The van der Waals surface area contributed by atoms with E-state index in [0.717, 1.165) is 5.56 Å². The summed E-state index contributed by atoms with van der Waals surface area (Å²) in [6.07, 6.45) is 0.667. The van der Waals surface area contributed by atoms with Crippen molar-refractivity contribution >= 4 is 28.4 Å². The lowest BCUT2D eigenvalue weighted by Crippen LogP contribution is -2.26. The Kier molecular flexibility index (Phi) is 6.88. The first-order chi connectivity index (χ1) is 9.15. The molecule has 1 rings (SSSR count). The molecular weight excluding hydrogens is 281 g/mol. The van der Waals surface area contributed by atoms with Crippen LogP contribution in [0.25, 0.3) is 0 Å². The first kappa shape index (κ1) is 15.4. The van der Waals surface area contributed by atoms with Gasteiger partial charge in [-0.25, -0.2) is 0 Å². The smallest absolute Gasteiger partial charge is 0.143 e. The van der Waals surface area contributed by atoms with E-state index in [1.807, 2.05) is 30.3 Å². The van der Waals surface area contributed by atoms with Crippen molar-refractivity contribution in [2.45, 2.75) is 6.42 Å². The second-order valence-corrected chi connectivity index (χ2v) is 4.35. The van der Waals surface area contributed by atoms with Crippen molar-refractivity contribution in [3.8, 4) is 11.8 Å². The molecule has 0 aliphatic heterocycles. The monoisotopic (exact) mass is 295 g/mol. The first-order valence-corrected chi connectivity index (χ1v) is 6.50. The van der Waals surface area contributed by atoms with Gasteiger partial charge in [-0.2, -0.15) is 0 Å². The molecular formula is C14H15Cl2N3. The van der Waals surface area contributed by atoms with Crippen LogP contribution in [0.1, 0.15) is 12.0 Å². The maximum absolute atomic E-state index is 7.23. The summed E-state index contributed by atoms with van der Waals surface area (Å²) in [7, 11) is 1.71. The molecule has 0 aliphatic rings. The molecule has 0 saturated carbocycles. The second-order valence-electron chi connectivity index (χ2n) is 3.60. The molecule has 3 nitrogen and oxygen atoms in total. The van der Waals surface area contributed by atoms with Crippen LogP contribution in [0.4, 0.5) is 0 Å². The van der Waals surface area contributed by atoms with Crippen LogP contribution in [0.2, 0.25) is 0 Å². The van der Waals surface area contributed by atoms with Crippen LogP contribution < -0.4 is 10.6 Å². The Balaban J connectivity index is 2.45. The number of rotatable bonds is 5. The summed E-state index contributed by atoms with van der Waals surface area (Å²) in [5.74, 6) is 6.65. The van der Waals surface area contributed by atoms with Gasteiger partial charge in [0.05, 0.1) is 0 Å². The van der Waals surface area contributed by atoms with Crippen molar-refractivity contribution in [3.05, 3.63) is 46.7 Å². The molecule has 0 unspecified atom stereocenters. The SMILES string of the molecule is CN/C(NCCC#Cc1ccccc1)=C(/Cl)C(=N)Cl. The molecule has 0 amide bonds. The van der Waals surface area contributed by atoms with Gasteiger partial charge in [-0.15, -0.1) is 0 Å². The third-order valence-electron chi connectivity index (χ3n) is 2.22. The predicted octanol–water partition coefficient (Wildman–Crippen LogP) is 2.86. The zero-order valence-corrected chi connectivity index (χ0v) is 12.1. The summed E-state index contributed by atoms with van der Waals surface area (Å²) in [5, 5.41) is 13.1. The fourth-order valence-electron chi connectivity index (χ4n) is 1.32. The van der Waals surface area contributed by atoms with Crippen molar-refractivity contribution in [3.63, 3.8) is 0 Å². The van der Waals surface area contributed by atoms with E-state index >= 15 is 0 Å². The molecule has 0 spiro atoms.